The average Bonchev–Trinajstić information content (AvgIpc) is 3.34. The van der Waals surface area contributed by atoms with Crippen LogP contribution >= 0.6 is 0 Å². The molecule has 0 bridgehead atoms. The average molecular weight is 294 g/mol. The summed E-state index contributed by atoms with van der Waals surface area (Å²) in [6, 6.07) is 17.3. The molecule has 1 aliphatic carbocycles. The van der Waals surface area contributed by atoms with Crippen molar-refractivity contribution in [2.24, 2.45) is 5.73 Å². The van der Waals surface area contributed by atoms with E-state index in [1.54, 1.807) is 0 Å². The largest absolute Gasteiger partial charge is 0.354 e. The molecule has 1 fully saturated rings. The molecular weight excluding hydrogens is 272 g/mol. The van der Waals surface area contributed by atoms with Crippen LogP contribution < -0.4 is 11.1 Å². The number of hydrogen-bond donors (Lipinski definition) is 2. The number of nitrogens with one attached hydrogen (secondary N) is 1. The molecule has 1 saturated carbocycles. The van der Waals surface area contributed by atoms with Crippen LogP contribution in [0.2, 0.25) is 0 Å². The van der Waals surface area contributed by atoms with Crippen molar-refractivity contribution >= 4 is 5.91 Å². The third-order valence-electron chi connectivity index (χ3n) is 4.61. The highest BCUT2D eigenvalue weighted by Crippen LogP contribution is 2.48. The maximum atomic E-state index is 12.3. The van der Waals surface area contributed by atoms with Crippen LogP contribution in [0.3, 0.4) is 0 Å². The van der Waals surface area contributed by atoms with E-state index in [1.807, 2.05) is 30.3 Å². The van der Waals surface area contributed by atoms with Crippen LogP contribution in [0.5, 0.6) is 0 Å². The van der Waals surface area contributed by atoms with E-state index in [2.05, 4.69) is 36.5 Å². The Labute approximate surface area is 131 Å². The Morgan fingerprint density at radius 1 is 1.14 bits per heavy atom. The van der Waals surface area contributed by atoms with Gasteiger partial charge in [-0.1, -0.05) is 54.6 Å². The molecule has 3 heteroatoms. The van der Waals surface area contributed by atoms with E-state index in [9.17, 15) is 4.79 Å². The van der Waals surface area contributed by atoms with Crippen LogP contribution in [0.4, 0.5) is 0 Å². The van der Waals surface area contributed by atoms with Gasteiger partial charge in [-0.05, 0) is 36.5 Å². The Bertz CT molecular complexity index is 662. The predicted octanol–water partition coefficient (Wildman–Crippen LogP) is 2.84. The third-order valence-corrected chi connectivity index (χ3v) is 4.61. The number of nitrogens with two attached hydrogens (primary N) is 1. The molecule has 3 nitrogen and oxygen atoms in total. The topological polar surface area (TPSA) is 55.1 Å². The van der Waals surface area contributed by atoms with E-state index in [1.165, 1.54) is 11.1 Å². The van der Waals surface area contributed by atoms with Crippen LogP contribution in [0.1, 0.15) is 35.6 Å². The van der Waals surface area contributed by atoms with Crippen molar-refractivity contribution in [3.05, 3.63) is 71.3 Å². The number of aryl methyl sites for hydroxylation is 1. The third kappa shape index (κ3) is 2.90. The van der Waals surface area contributed by atoms with E-state index >= 15 is 0 Å². The lowest BCUT2D eigenvalue weighted by Gasteiger charge is -2.20. The van der Waals surface area contributed by atoms with Crippen molar-refractivity contribution in [2.45, 2.75) is 31.2 Å². The Morgan fingerprint density at radius 3 is 2.41 bits per heavy atom. The summed E-state index contributed by atoms with van der Waals surface area (Å²) in [5.74, 6) is -0.106. The molecule has 0 spiro atoms. The summed E-state index contributed by atoms with van der Waals surface area (Å²) < 4.78 is 0. The molecule has 0 aromatic heterocycles. The summed E-state index contributed by atoms with van der Waals surface area (Å²) in [7, 11) is 0. The quantitative estimate of drug-likeness (QED) is 0.891. The van der Waals surface area contributed by atoms with Gasteiger partial charge in [-0.25, -0.2) is 0 Å². The fraction of sp³-hybridized carbons (Fsp3) is 0.316. The zero-order valence-electron chi connectivity index (χ0n) is 12.9. The summed E-state index contributed by atoms with van der Waals surface area (Å²) in [4.78, 5) is 12.3. The maximum Gasteiger partial charge on any atom is 0.241 e. The number of amides is 1. The molecule has 0 radical (unpaired) electrons. The fourth-order valence-corrected chi connectivity index (χ4v) is 3.04. The SMILES string of the molecule is Cc1ccccc1C1(CNC(=O)C(N)c2ccccc2)CC1. The first-order valence-electron chi connectivity index (χ1n) is 7.77. The molecule has 22 heavy (non-hydrogen) atoms. The minimum atomic E-state index is -0.603. The highest BCUT2D eigenvalue weighted by atomic mass is 16.2. The molecule has 1 unspecified atom stereocenters. The van der Waals surface area contributed by atoms with Crippen molar-refractivity contribution in [3.8, 4) is 0 Å². The molecule has 3 rings (SSSR count). The molecule has 2 aromatic rings. The standard InChI is InChI=1S/C19H22N2O/c1-14-7-5-6-10-16(14)19(11-12-19)13-21-18(22)17(20)15-8-3-2-4-9-15/h2-10,17H,11-13,20H2,1H3,(H,21,22). The van der Waals surface area contributed by atoms with Gasteiger partial charge in [0.2, 0.25) is 5.91 Å². The van der Waals surface area contributed by atoms with Gasteiger partial charge in [-0.3, -0.25) is 4.79 Å². The highest BCUT2D eigenvalue weighted by Gasteiger charge is 2.45. The van der Waals surface area contributed by atoms with Crippen LogP contribution in [0.25, 0.3) is 0 Å². The maximum absolute atomic E-state index is 12.3. The van der Waals surface area contributed by atoms with E-state index in [0.29, 0.717) is 6.54 Å². The molecule has 1 amide bonds. The zero-order chi connectivity index (χ0) is 15.6. The molecule has 114 valence electrons. The second-order valence-electron chi connectivity index (χ2n) is 6.20. The van der Waals surface area contributed by atoms with Crippen LogP contribution in [0, 0.1) is 6.92 Å². The Kier molecular flexibility index (Phi) is 3.99. The second kappa shape index (κ2) is 5.93. The summed E-state index contributed by atoms with van der Waals surface area (Å²) in [6.45, 7) is 2.80. The summed E-state index contributed by atoms with van der Waals surface area (Å²) in [5.41, 5.74) is 9.64. The van der Waals surface area contributed by atoms with Crippen molar-refractivity contribution in [2.75, 3.05) is 6.54 Å². The number of benzene rings is 2. The molecule has 1 atom stereocenters. The highest BCUT2D eigenvalue weighted by molar-refractivity contribution is 5.83. The monoisotopic (exact) mass is 294 g/mol. The van der Waals surface area contributed by atoms with E-state index < -0.39 is 6.04 Å². The Hall–Kier alpha value is -2.13. The van der Waals surface area contributed by atoms with Crippen molar-refractivity contribution in [3.63, 3.8) is 0 Å². The van der Waals surface area contributed by atoms with Gasteiger partial charge in [0, 0.05) is 12.0 Å². The smallest absolute Gasteiger partial charge is 0.241 e. The molecule has 0 aliphatic heterocycles. The van der Waals surface area contributed by atoms with Gasteiger partial charge < -0.3 is 11.1 Å². The van der Waals surface area contributed by atoms with Crippen molar-refractivity contribution in [1.82, 2.24) is 5.32 Å². The number of carbonyl (C=O) groups is 1. The number of hydrogen-bond acceptors (Lipinski definition) is 2. The van der Waals surface area contributed by atoms with E-state index in [4.69, 9.17) is 5.73 Å². The van der Waals surface area contributed by atoms with Gasteiger partial charge in [0.15, 0.2) is 0 Å². The first kappa shape index (κ1) is 14.8. The molecule has 1 aliphatic rings. The molecule has 3 N–H and O–H groups in total. The molecule has 0 heterocycles. The zero-order valence-corrected chi connectivity index (χ0v) is 12.9. The molecule has 0 saturated heterocycles. The first-order chi connectivity index (χ1) is 10.6. The second-order valence-corrected chi connectivity index (χ2v) is 6.20. The summed E-state index contributed by atoms with van der Waals surface area (Å²) in [6.07, 6.45) is 2.25. The number of carbonyl (C=O) groups excluding carboxylic acids is 1. The normalized spacial score (nSPS) is 16.8. The van der Waals surface area contributed by atoms with Crippen LogP contribution in [-0.4, -0.2) is 12.5 Å². The van der Waals surface area contributed by atoms with Gasteiger partial charge in [-0.2, -0.15) is 0 Å². The van der Waals surface area contributed by atoms with Crippen LogP contribution in [-0.2, 0) is 10.2 Å². The van der Waals surface area contributed by atoms with Gasteiger partial charge in [0.05, 0.1) is 0 Å². The van der Waals surface area contributed by atoms with Gasteiger partial charge in [0.1, 0.15) is 6.04 Å². The van der Waals surface area contributed by atoms with E-state index in [0.717, 1.165) is 18.4 Å². The first-order valence-corrected chi connectivity index (χ1v) is 7.77. The van der Waals surface area contributed by atoms with Crippen molar-refractivity contribution in [1.29, 1.82) is 0 Å². The van der Waals surface area contributed by atoms with Gasteiger partial charge in [-0.15, -0.1) is 0 Å². The lowest BCUT2D eigenvalue weighted by molar-refractivity contribution is -0.122. The minimum Gasteiger partial charge on any atom is -0.354 e. The van der Waals surface area contributed by atoms with Gasteiger partial charge >= 0.3 is 0 Å². The lowest BCUT2D eigenvalue weighted by Crippen LogP contribution is -2.38. The van der Waals surface area contributed by atoms with Crippen LogP contribution in [0.15, 0.2) is 54.6 Å². The predicted molar refractivity (Wildman–Crippen MR) is 88.5 cm³/mol. The lowest BCUT2D eigenvalue weighted by atomic mass is 9.91. The van der Waals surface area contributed by atoms with Gasteiger partial charge in [0.25, 0.3) is 0 Å². The summed E-state index contributed by atoms with van der Waals surface area (Å²) >= 11 is 0. The van der Waals surface area contributed by atoms with E-state index in [-0.39, 0.29) is 11.3 Å². The number of rotatable bonds is 5. The Morgan fingerprint density at radius 2 is 1.77 bits per heavy atom. The summed E-state index contributed by atoms with van der Waals surface area (Å²) in [5, 5.41) is 3.05. The Balaban J connectivity index is 1.65. The molecular formula is C19H22N2O. The van der Waals surface area contributed by atoms with Crippen molar-refractivity contribution < 1.29 is 4.79 Å². The fourth-order valence-electron chi connectivity index (χ4n) is 3.04. The minimum absolute atomic E-state index is 0.106. The molecule has 2 aromatic carbocycles.